The summed E-state index contributed by atoms with van der Waals surface area (Å²) in [6, 6.07) is 4.16. The van der Waals surface area contributed by atoms with E-state index >= 15 is 0 Å². The molecule has 2 N–H and O–H groups in total. The van der Waals surface area contributed by atoms with Crippen molar-refractivity contribution in [3.05, 3.63) is 22.4 Å². The molecule has 2 rings (SSSR count). The standard InChI is InChI=1S/C15H22N2O3S/c1-2-4-11(14(18)19)9-16-15(20)17(12-6-7-12)10-13-5-3-8-21-13/h3,5,8,11-12H,2,4,6-7,9-10H2,1H3,(H,16,20)(H,18,19). The second-order valence-corrected chi connectivity index (χ2v) is 6.48. The van der Waals surface area contributed by atoms with Gasteiger partial charge in [0, 0.05) is 17.5 Å². The van der Waals surface area contributed by atoms with E-state index in [4.69, 9.17) is 5.11 Å². The zero-order valence-corrected chi connectivity index (χ0v) is 13.1. The molecule has 2 amide bonds. The lowest BCUT2D eigenvalue weighted by molar-refractivity contribution is -0.141. The number of urea groups is 1. The molecule has 0 bridgehead atoms. The Labute approximate surface area is 129 Å². The first kappa shape index (κ1) is 15.8. The summed E-state index contributed by atoms with van der Waals surface area (Å²) in [7, 11) is 0. The fraction of sp³-hybridized carbons (Fsp3) is 0.600. The average molecular weight is 310 g/mol. The lowest BCUT2D eigenvalue weighted by Crippen LogP contribution is -2.43. The van der Waals surface area contributed by atoms with Gasteiger partial charge >= 0.3 is 12.0 Å². The minimum atomic E-state index is -0.839. The van der Waals surface area contributed by atoms with E-state index in [1.165, 1.54) is 0 Å². The van der Waals surface area contributed by atoms with Gasteiger partial charge in [-0.25, -0.2) is 4.79 Å². The molecule has 1 aliphatic carbocycles. The number of rotatable bonds is 8. The number of carbonyl (C=O) groups excluding carboxylic acids is 1. The molecule has 0 saturated heterocycles. The highest BCUT2D eigenvalue weighted by atomic mass is 32.1. The Kier molecular flexibility index (Phi) is 5.61. The minimum Gasteiger partial charge on any atom is -0.481 e. The van der Waals surface area contributed by atoms with Gasteiger partial charge in [-0.05, 0) is 30.7 Å². The van der Waals surface area contributed by atoms with Crippen LogP contribution in [0.4, 0.5) is 4.79 Å². The van der Waals surface area contributed by atoms with E-state index in [-0.39, 0.29) is 12.6 Å². The van der Waals surface area contributed by atoms with E-state index in [0.29, 0.717) is 19.0 Å². The zero-order chi connectivity index (χ0) is 15.2. The molecular weight excluding hydrogens is 288 g/mol. The van der Waals surface area contributed by atoms with Crippen LogP contribution in [0.2, 0.25) is 0 Å². The van der Waals surface area contributed by atoms with Crippen molar-refractivity contribution in [2.75, 3.05) is 6.54 Å². The van der Waals surface area contributed by atoms with Gasteiger partial charge in [-0.15, -0.1) is 11.3 Å². The van der Waals surface area contributed by atoms with Crippen molar-refractivity contribution in [2.45, 2.75) is 45.2 Å². The van der Waals surface area contributed by atoms with Crippen molar-refractivity contribution in [3.63, 3.8) is 0 Å². The van der Waals surface area contributed by atoms with Crippen LogP contribution in [0, 0.1) is 5.92 Å². The number of hydrogen-bond acceptors (Lipinski definition) is 3. The van der Waals surface area contributed by atoms with E-state index < -0.39 is 11.9 Å². The van der Waals surface area contributed by atoms with Gasteiger partial charge < -0.3 is 15.3 Å². The molecule has 1 heterocycles. The summed E-state index contributed by atoms with van der Waals surface area (Å²) < 4.78 is 0. The predicted molar refractivity (Wildman–Crippen MR) is 82.3 cm³/mol. The molecule has 0 spiro atoms. The lowest BCUT2D eigenvalue weighted by Gasteiger charge is -2.23. The molecule has 1 aliphatic rings. The average Bonchev–Trinajstić information content (AvgIpc) is 3.16. The quantitative estimate of drug-likeness (QED) is 0.775. The number of carboxylic acids is 1. The molecule has 6 heteroatoms. The third-order valence-electron chi connectivity index (χ3n) is 3.64. The molecule has 5 nitrogen and oxygen atoms in total. The van der Waals surface area contributed by atoms with Crippen LogP contribution in [0.1, 0.15) is 37.5 Å². The second kappa shape index (κ2) is 7.45. The van der Waals surface area contributed by atoms with Crippen LogP contribution in [0.25, 0.3) is 0 Å². The summed E-state index contributed by atoms with van der Waals surface area (Å²) in [6.07, 6.45) is 3.46. The Bertz CT molecular complexity index is 471. The highest BCUT2D eigenvalue weighted by molar-refractivity contribution is 7.09. The second-order valence-electron chi connectivity index (χ2n) is 5.45. The summed E-state index contributed by atoms with van der Waals surface area (Å²) >= 11 is 1.64. The predicted octanol–water partition coefficient (Wildman–Crippen LogP) is 2.92. The third kappa shape index (κ3) is 4.74. The van der Waals surface area contributed by atoms with Gasteiger partial charge in [-0.3, -0.25) is 4.79 Å². The maximum Gasteiger partial charge on any atom is 0.318 e. The molecule has 0 aromatic carbocycles. The summed E-state index contributed by atoms with van der Waals surface area (Å²) in [4.78, 5) is 26.4. The van der Waals surface area contributed by atoms with Gasteiger partial charge in [0.2, 0.25) is 0 Å². The van der Waals surface area contributed by atoms with Crippen molar-refractivity contribution in [2.24, 2.45) is 5.92 Å². The largest absolute Gasteiger partial charge is 0.481 e. The van der Waals surface area contributed by atoms with E-state index in [1.807, 2.05) is 29.3 Å². The molecule has 1 unspecified atom stereocenters. The van der Waals surface area contributed by atoms with Gasteiger partial charge in [-0.1, -0.05) is 19.4 Å². The van der Waals surface area contributed by atoms with Gasteiger partial charge in [0.25, 0.3) is 0 Å². The SMILES string of the molecule is CCCC(CNC(=O)N(Cc1cccs1)C1CC1)C(=O)O. The maximum atomic E-state index is 12.3. The smallest absolute Gasteiger partial charge is 0.318 e. The van der Waals surface area contributed by atoms with Crippen molar-refractivity contribution in [1.82, 2.24) is 10.2 Å². The first-order valence-electron chi connectivity index (χ1n) is 7.41. The van der Waals surface area contributed by atoms with Crippen LogP contribution in [0.3, 0.4) is 0 Å². The van der Waals surface area contributed by atoms with E-state index in [9.17, 15) is 9.59 Å². The third-order valence-corrected chi connectivity index (χ3v) is 4.50. The number of nitrogens with zero attached hydrogens (tertiary/aromatic N) is 1. The molecule has 21 heavy (non-hydrogen) atoms. The molecular formula is C15H22N2O3S. The van der Waals surface area contributed by atoms with Crippen molar-refractivity contribution in [3.8, 4) is 0 Å². The molecule has 1 aromatic heterocycles. The molecule has 1 atom stereocenters. The maximum absolute atomic E-state index is 12.3. The fourth-order valence-electron chi connectivity index (χ4n) is 2.30. The van der Waals surface area contributed by atoms with Crippen LogP contribution in [-0.4, -0.2) is 34.6 Å². The number of carbonyl (C=O) groups is 2. The Balaban J connectivity index is 1.88. The molecule has 1 aromatic rings. The van der Waals surface area contributed by atoms with Crippen LogP contribution < -0.4 is 5.32 Å². The summed E-state index contributed by atoms with van der Waals surface area (Å²) in [5.74, 6) is -1.34. The Hall–Kier alpha value is -1.56. The number of carboxylic acid groups (broad SMARTS) is 1. The summed E-state index contributed by atoms with van der Waals surface area (Å²) in [5.41, 5.74) is 0. The fourth-order valence-corrected chi connectivity index (χ4v) is 3.00. The summed E-state index contributed by atoms with van der Waals surface area (Å²) in [6.45, 7) is 2.76. The zero-order valence-electron chi connectivity index (χ0n) is 12.2. The topological polar surface area (TPSA) is 69.6 Å². The number of aliphatic carboxylic acids is 1. The number of thiophene rings is 1. The van der Waals surface area contributed by atoms with Gasteiger partial charge in [0.1, 0.15) is 0 Å². The van der Waals surface area contributed by atoms with E-state index in [1.54, 1.807) is 11.3 Å². The van der Waals surface area contributed by atoms with Gasteiger partial charge in [-0.2, -0.15) is 0 Å². The number of hydrogen-bond donors (Lipinski definition) is 2. The Morgan fingerprint density at radius 3 is 2.81 bits per heavy atom. The Morgan fingerprint density at radius 1 is 1.52 bits per heavy atom. The Morgan fingerprint density at radius 2 is 2.29 bits per heavy atom. The first-order chi connectivity index (χ1) is 10.1. The highest BCUT2D eigenvalue weighted by Crippen LogP contribution is 2.29. The van der Waals surface area contributed by atoms with Gasteiger partial charge in [0.15, 0.2) is 0 Å². The van der Waals surface area contributed by atoms with E-state index in [0.717, 1.165) is 24.1 Å². The van der Waals surface area contributed by atoms with Gasteiger partial charge in [0.05, 0.1) is 12.5 Å². The van der Waals surface area contributed by atoms with Crippen LogP contribution in [0.15, 0.2) is 17.5 Å². The number of amides is 2. The highest BCUT2D eigenvalue weighted by Gasteiger charge is 2.33. The van der Waals surface area contributed by atoms with Crippen LogP contribution in [-0.2, 0) is 11.3 Å². The minimum absolute atomic E-state index is 0.145. The normalized spacial score (nSPS) is 15.5. The van der Waals surface area contributed by atoms with Crippen LogP contribution in [0.5, 0.6) is 0 Å². The molecule has 0 radical (unpaired) electrons. The number of nitrogens with one attached hydrogen (secondary N) is 1. The molecule has 116 valence electrons. The monoisotopic (exact) mass is 310 g/mol. The summed E-state index contributed by atoms with van der Waals surface area (Å²) in [5, 5.41) is 13.9. The molecule has 1 fully saturated rings. The first-order valence-corrected chi connectivity index (χ1v) is 8.29. The lowest BCUT2D eigenvalue weighted by atomic mass is 10.0. The van der Waals surface area contributed by atoms with E-state index in [2.05, 4.69) is 5.32 Å². The van der Waals surface area contributed by atoms with Crippen molar-refractivity contribution < 1.29 is 14.7 Å². The van der Waals surface area contributed by atoms with Crippen molar-refractivity contribution in [1.29, 1.82) is 0 Å². The molecule has 0 aliphatic heterocycles. The van der Waals surface area contributed by atoms with Crippen LogP contribution >= 0.6 is 11.3 Å². The molecule has 1 saturated carbocycles. The van der Waals surface area contributed by atoms with Crippen molar-refractivity contribution >= 4 is 23.3 Å².